The van der Waals surface area contributed by atoms with Gasteiger partial charge in [-0.15, -0.1) is 0 Å². The average Bonchev–Trinajstić information content (AvgIpc) is 2.24. The predicted octanol–water partition coefficient (Wildman–Crippen LogP) is 2.03. The molecule has 0 bridgehead atoms. The summed E-state index contributed by atoms with van der Waals surface area (Å²) >= 11 is 0. The van der Waals surface area contributed by atoms with Gasteiger partial charge in [0, 0.05) is 24.6 Å². The van der Waals surface area contributed by atoms with Crippen molar-refractivity contribution in [3.05, 3.63) is 0 Å². The number of morpholine rings is 1. The molecule has 0 N–H and O–H groups in total. The molecule has 16 heavy (non-hydrogen) atoms. The fourth-order valence-corrected chi connectivity index (χ4v) is 2.51. The van der Waals surface area contributed by atoms with Gasteiger partial charge in [0.2, 0.25) is 0 Å². The van der Waals surface area contributed by atoms with Crippen molar-refractivity contribution in [2.75, 3.05) is 19.7 Å². The molecule has 1 heterocycles. The van der Waals surface area contributed by atoms with Crippen LogP contribution in [0.1, 0.15) is 52.9 Å². The van der Waals surface area contributed by atoms with Crippen molar-refractivity contribution in [3.63, 3.8) is 0 Å². The molecule has 0 aliphatic carbocycles. The van der Waals surface area contributed by atoms with Gasteiger partial charge in [-0.3, -0.25) is 4.90 Å². The van der Waals surface area contributed by atoms with Gasteiger partial charge in [0.15, 0.2) is 0 Å². The summed E-state index contributed by atoms with van der Waals surface area (Å²) in [5.74, 6) is 0. The van der Waals surface area contributed by atoms with Crippen molar-refractivity contribution < 1.29 is 4.74 Å². The van der Waals surface area contributed by atoms with E-state index in [1.807, 2.05) is 0 Å². The summed E-state index contributed by atoms with van der Waals surface area (Å²) in [6.45, 7) is 10.1. The second kappa shape index (κ2) is 6.66. The molecule has 1 atom stereocenters. The zero-order chi connectivity index (χ0) is 12.0. The molecular formula is C13H28BNO. The Balaban J connectivity index is 2.30. The molecule has 0 aromatic heterocycles. The van der Waals surface area contributed by atoms with Crippen molar-refractivity contribution in [2.24, 2.45) is 0 Å². The van der Waals surface area contributed by atoms with E-state index in [0.717, 1.165) is 19.7 Å². The Labute approximate surface area is 102 Å². The molecule has 94 valence electrons. The van der Waals surface area contributed by atoms with Crippen LogP contribution in [0.15, 0.2) is 0 Å². The van der Waals surface area contributed by atoms with Crippen molar-refractivity contribution in [1.82, 2.24) is 4.90 Å². The van der Waals surface area contributed by atoms with E-state index in [0.29, 0.717) is 11.5 Å². The van der Waals surface area contributed by atoms with Gasteiger partial charge in [-0.1, -0.05) is 32.6 Å². The van der Waals surface area contributed by atoms with Crippen LogP contribution in [0.25, 0.3) is 0 Å². The number of unbranched alkanes of at least 4 members (excludes halogenated alkanes) is 3. The zero-order valence-electron chi connectivity index (χ0n) is 11.6. The van der Waals surface area contributed by atoms with Gasteiger partial charge in [-0.25, -0.2) is 0 Å². The van der Waals surface area contributed by atoms with Crippen molar-refractivity contribution >= 4 is 7.85 Å². The number of rotatable bonds is 6. The third-order valence-electron chi connectivity index (χ3n) is 3.74. The molecule has 0 saturated carbocycles. The fraction of sp³-hybridized carbons (Fsp3) is 1.00. The van der Waals surface area contributed by atoms with Crippen LogP contribution in [0.4, 0.5) is 0 Å². The summed E-state index contributed by atoms with van der Waals surface area (Å²) < 4.78 is 5.60. The molecule has 1 rings (SSSR count). The summed E-state index contributed by atoms with van der Waals surface area (Å²) in [4.78, 5) is 2.60. The zero-order valence-corrected chi connectivity index (χ0v) is 11.6. The molecule has 0 aromatic carbocycles. The monoisotopic (exact) mass is 225 g/mol. The van der Waals surface area contributed by atoms with Crippen molar-refractivity contribution in [1.29, 1.82) is 0 Å². The van der Waals surface area contributed by atoms with Crippen LogP contribution in [-0.2, 0) is 4.74 Å². The van der Waals surface area contributed by atoms with Crippen LogP contribution in [-0.4, -0.2) is 44.0 Å². The first kappa shape index (κ1) is 14.0. The van der Waals surface area contributed by atoms with Crippen LogP contribution >= 0.6 is 0 Å². The first-order chi connectivity index (χ1) is 7.56. The quantitative estimate of drug-likeness (QED) is 0.506. The average molecular weight is 225 g/mol. The highest BCUT2D eigenvalue weighted by atomic mass is 16.5. The van der Waals surface area contributed by atoms with Crippen LogP contribution in [0.5, 0.6) is 0 Å². The summed E-state index contributed by atoms with van der Waals surface area (Å²) in [5.41, 5.74) is 0.353. The first-order valence-electron chi connectivity index (χ1n) is 6.93. The van der Waals surface area contributed by atoms with E-state index in [9.17, 15) is 0 Å². The van der Waals surface area contributed by atoms with Crippen LogP contribution in [0.2, 0.25) is 0 Å². The molecule has 1 aliphatic heterocycles. The lowest BCUT2D eigenvalue weighted by Gasteiger charge is -2.43. The largest absolute Gasteiger partial charge is 0.385 e. The van der Waals surface area contributed by atoms with E-state index < -0.39 is 0 Å². The highest BCUT2D eigenvalue weighted by Crippen LogP contribution is 2.24. The number of ether oxygens (including phenoxy) is 1. The van der Waals surface area contributed by atoms with Crippen LogP contribution < -0.4 is 0 Å². The molecule has 0 amide bonds. The second-order valence-corrected chi connectivity index (χ2v) is 5.75. The van der Waals surface area contributed by atoms with E-state index in [2.05, 4.69) is 33.5 Å². The third kappa shape index (κ3) is 4.46. The van der Waals surface area contributed by atoms with Gasteiger partial charge in [0.1, 0.15) is 7.85 Å². The number of hydrogen-bond acceptors (Lipinski definition) is 2. The molecule has 1 aliphatic rings. The van der Waals surface area contributed by atoms with Gasteiger partial charge in [0.05, 0.1) is 6.61 Å². The minimum atomic E-state index is 0.353. The fourth-order valence-electron chi connectivity index (χ4n) is 2.51. The van der Waals surface area contributed by atoms with Gasteiger partial charge < -0.3 is 4.74 Å². The summed E-state index contributed by atoms with van der Waals surface area (Å²) in [6, 6.07) is 0.406. The summed E-state index contributed by atoms with van der Waals surface area (Å²) in [5, 5.41) is 0. The van der Waals surface area contributed by atoms with E-state index in [1.54, 1.807) is 0 Å². The van der Waals surface area contributed by atoms with E-state index in [-0.39, 0.29) is 0 Å². The van der Waals surface area contributed by atoms with E-state index in [4.69, 9.17) is 4.74 Å². The number of nitrogens with zero attached hydrogens (tertiary/aromatic N) is 1. The second-order valence-electron chi connectivity index (χ2n) is 5.75. The predicted molar refractivity (Wildman–Crippen MR) is 72.7 cm³/mol. The molecule has 1 fully saturated rings. The van der Waals surface area contributed by atoms with Gasteiger partial charge in [-0.05, 0) is 20.3 Å². The maximum absolute atomic E-state index is 5.60. The molecule has 2 nitrogen and oxygen atoms in total. The van der Waals surface area contributed by atoms with Crippen LogP contribution in [0, 0.1) is 0 Å². The Hall–Kier alpha value is -0.0151. The van der Waals surface area contributed by atoms with E-state index >= 15 is 0 Å². The summed E-state index contributed by atoms with van der Waals surface area (Å²) in [7, 11) is 2.18. The Morgan fingerprint density at radius 3 is 2.69 bits per heavy atom. The van der Waals surface area contributed by atoms with Crippen LogP contribution in [0.3, 0.4) is 0 Å². The Morgan fingerprint density at radius 2 is 2.06 bits per heavy atom. The highest BCUT2D eigenvalue weighted by molar-refractivity contribution is 6.11. The molecular weight excluding hydrogens is 197 g/mol. The topological polar surface area (TPSA) is 12.5 Å². The standard InChI is InChI=1S/C13H28BNO/c1-4-5-6-7-8-13(2,3)15-9-10-16-12(14)11-15/h12H,4-11,14H2,1-3H3. The maximum atomic E-state index is 5.60. The molecule has 1 saturated heterocycles. The lowest BCUT2D eigenvalue weighted by Crippen LogP contribution is -2.53. The minimum absolute atomic E-state index is 0.353. The lowest BCUT2D eigenvalue weighted by atomic mass is 9.90. The molecule has 0 radical (unpaired) electrons. The molecule has 3 heteroatoms. The molecule has 0 aromatic rings. The molecule has 0 spiro atoms. The van der Waals surface area contributed by atoms with Gasteiger partial charge >= 0.3 is 0 Å². The third-order valence-corrected chi connectivity index (χ3v) is 3.74. The molecule has 1 unspecified atom stereocenters. The lowest BCUT2D eigenvalue weighted by molar-refractivity contribution is -0.0316. The smallest absolute Gasteiger partial charge is 0.140 e. The number of hydrogen-bond donors (Lipinski definition) is 0. The highest BCUT2D eigenvalue weighted by Gasteiger charge is 2.29. The Kier molecular flexibility index (Phi) is 5.84. The maximum Gasteiger partial charge on any atom is 0.140 e. The minimum Gasteiger partial charge on any atom is -0.385 e. The SMILES string of the molecule is BC1CN(C(C)(C)CCCCCC)CCO1. The van der Waals surface area contributed by atoms with Crippen molar-refractivity contribution in [3.8, 4) is 0 Å². The summed E-state index contributed by atoms with van der Waals surface area (Å²) in [6.07, 6.45) is 6.79. The van der Waals surface area contributed by atoms with E-state index in [1.165, 1.54) is 32.1 Å². The normalized spacial score (nSPS) is 23.6. The first-order valence-corrected chi connectivity index (χ1v) is 6.93. The Bertz CT molecular complexity index is 196. The van der Waals surface area contributed by atoms with Gasteiger partial charge in [-0.2, -0.15) is 0 Å². The van der Waals surface area contributed by atoms with Crippen molar-refractivity contribution in [2.45, 2.75) is 64.4 Å². The Morgan fingerprint density at radius 1 is 1.31 bits per heavy atom. The van der Waals surface area contributed by atoms with Gasteiger partial charge in [0.25, 0.3) is 0 Å².